The molecule has 0 saturated heterocycles. The first kappa shape index (κ1) is 12.8. The quantitative estimate of drug-likeness (QED) is 0.630. The topological polar surface area (TPSA) is 67.1 Å². The van der Waals surface area contributed by atoms with Gasteiger partial charge in [-0.15, -0.1) is 0 Å². The summed E-state index contributed by atoms with van der Waals surface area (Å²) in [6.07, 6.45) is 5.41. The van der Waals surface area contributed by atoms with Gasteiger partial charge >= 0.3 is 0 Å². The van der Waals surface area contributed by atoms with Gasteiger partial charge in [-0.05, 0) is 49.7 Å². The molecule has 1 heterocycles. The van der Waals surface area contributed by atoms with Gasteiger partial charge in [0.2, 0.25) is 5.95 Å². The van der Waals surface area contributed by atoms with Crippen LogP contribution in [0, 0.1) is 11.8 Å². The molecule has 2 aliphatic rings. The number of hydrogen-bond donors (Lipinski definition) is 2. The van der Waals surface area contributed by atoms with Crippen molar-refractivity contribution in [2.24, 2.45) is 17.7 Å². The van der Waals surface area contributed by atoms with E-state index in [1.54, 1.807) is 0 Å². The van der Waals surface area contributed by atoms with Gasteiger partial charge in [-0.2, -0.15) is 4.98 Å². The Kier molecular flexibility index (Phi) is 3.15. The lowest BCUT2D eigenvalue weighted by atomic mass is 10.2. The Morgan fingerprint density at radius 3 is 2.33 bits per heavy atom. The highest BCUT2D eigenvalue weighted by Gasteiger charge is 2.30. The van der Waals surface area contributed by atoms with Crippen molar-refractivity contribution in [3.63, 3.8) is 0 Å². The van der Waals surface area contributed by atoms with Crippen LogP contribution in [0.3, 0.4) is 0 Å². The largest absolute Gasteiger partial charge is 0.355 e. The second-order valence-electron chi connectivity index (χ2n) is 6.32. The van der Waals surface area contributed by atoms with Crippen LogP contribution in [0.1, 0.15) is 25.7 Å². The molecule has 0 unspecified atom stereocenters. The van der Waals surface area contributed by atoms with Gasteiger partial charge in [0.1, 0.15) is 5.82 Å². The molecule has 0 amide bonds. The van der Waals surface area contributed by atoms with E-state index in [4.69, 9.17) is 5.84 Å². The van der Waals surface area contributed by atoms with Gasteiger partial charge in [-0.1, -0.05) is 12.1 Å². The van der Waals surface area contributed by atoms with E-state index in [1.807, 2.05) is 12.1 Å². The summed E-state index contributed by atoms with van der Waals surface area (Å²) in [4.78, 5) is 11.6. The zero-order chi connectivity index (χ0) is 14.2. The van der Waals surface area contributed by atoms with Crippen molar-refractivity contribution >= 4 is 22.7 Å². The van der Waals surface area contributed by atoms with Gasteiger partial charge in [0.15, 0.2) is 0 Å². The summed E-state index contributed by atoms with van der Waals surface area (Å²) in [7, 11) is 0. The van der Waals surface area contributed by atoms with Crippen LogP contribution in [0.25, 0.3) is 10.9 Å². The van der Waals surface area contributed by atoms with Crippen LogP contribution in [0.15, 0.2) is 24.3 Å². The molecular weight excluding hydrogens is 262 g/mol. The van der Waals surface area contributed by atoms with E-state index in [1.165, 1.54) is 25.7 Å². The van der Waals surface area contributed by atoms with Crippen LogP contribution in [0.2, 0.25) is 0 Å². The van der Waals surface area contributed by atoms with Crippen LogP contribution >= 0.6 is 0 Å². The standard InChI is InChI=1S/C16H21N5/c17-20-16-18-14-4-2-1-3-13(14)15(19-16)21(9-11-5-6-11)10-12-7-8-12/h1-4,11-12H,5-10,17H2,(H,18,19,20). The summed E-state index contributed by atoms with van der Waals surface area (Å²) in [6.45, 7) is 2.23. The number of hydrazine groups is 1. The normalized spacial score (nSPS) is 18.0. The highest BCUT2D eigenvalue weighted by molar-refractivity contribution is 5.90. The van der Waals surface area contributed by atoms with E-state index in [0.717, 1.165) is 41.6 Å². The number of para-hydroxylation sites is 1. The van der Waals surface area contributed by atoms with Crippen LogP contribution < -0.4 is 16.2 Å². The maximum Gasteiger partial charge on any atom is 0.239 e. The van der Waals surface area contributed by atoms with Gasteiger partial charge in [0.25, 0.3) is 0 Å². The maximum atomic E-state index is 5.54. The number of nitrogens with one attached hydrogen (secondary N) is 1. The number of nitrogen functional groups attached to an aromatic ring is 1. The number of anilines is 2. The van der Waals surface area contributed by atoms with Gasteiger partial charge in [-0.25, -0.2) is 10.8 Å². The third kappa shape index (κ3) is 2.78. The van der Waals surface area contributed by atoms with Crippen LogP contribution in [-0.4, -0.2) is 23.1 Å². The molecule has 2 saturated carbocycles. The summed E-state index contributed by atoms with van der Waals surface area (Å²) in [5.74, 6) is 8.76. The molecule has 0 aliphatic heterocycles. The molecule has 3 N–H and O–H groups in total. The zero-order valence-corrected chi connectivity index (χ0v) is 12.1. The molecule has 1 aromatic carbocycles. The van der Waals surface area contributed by atoms with Crippen molar-refractivity contribution in [2.75, 3.05) is 23.4 Å². The van der Waals surface area contributed by atoms with E-state index in [-0.39, 0.29) is 0 Å². The summed E-state index contributed by atoms with van der Waals surface area (Å²) < 4.78 is 0. The number of aromatic nitrogens is 2. The van der Waals surface area contributed by atoms with Crippen molar-refractivity contribution in [1.82, 2.24) is 9.97 Å². The Morgan fingerprint density at radius 2 is 1.71 bits per heavy atom. The predicted octanol–water partition coefficient (Wildman–Crippen LogP) is 2.54. The summed E-state index contributed by atoms with van der Waals surface area (Å²) >= 11 is 0. The second kappa shape index (κ2) is 5.15. The van der Waals surface area contributed by atoms with E-state index in [0.29, 0.717) is 5.95 Å². The van der Waals surface area contributed by atoms with Gasteiger partial charge in [0.05, 0.1) is 5.52 Å². The van der Waals surface area contributed by atoms with Gasteiger partial charge in [-0.3, -0.25) is 5.43 Å². The fourth-order valence-corrected chi connectivity index (χ4v) is 2.84. The maximum absolute atomic E-state index is 5.54. The molecule has 0 atom stereocenters. The molecule has 4 rings (SSSR count). The van der Waals surface area contributed by atoms with Crippen LogP contribution in [0.5, 0.6) is 0 Å². The Labute approximate surface area is 124 Å². The molecule has 1 aromatic heterocycles. The fourth-order valence-electron chi connectivity index (χ4n) is 2.84. The van der Waals surface area contributed by atoms with Crippen molar-refractivity contribution in [3.8, 4) is 0 Å². The first-order chi connectivity index (χ1) is 10.3. The molecule has 21 heavy (non-hydrogen) atoms. The van der Waals surface area contributed by atoms with Crippen LogP contribution in [0.4, 0.5) is 11.8 Å². The third-order valence-corrected chi connectivity index (χ3v) is 4.36. The van der Waals surface area contributed by atoms with Crippen molar-refractivity contribution in [2.45, 2.75) is 25.7 Å². The van der Waals surface area contributed by atoms with E-state index < -0.39 is 0 Å². The Bertz CT molecular complexity index is 634. The SMILES string of the molecule is NNc1nc(N(CC2CC2)CC2CC2)c2ccccc2n1. The van der Waals surface area contributed by atoms with E-state index in [2.05, 4.69) is 32.4 Å². The fraction of sp³-hybridized carbons (Fsp3) is 0.500. The van der Waals surface area contributed by atoms with Crippen LogP contribution in [-0.2, 0) is 0 Å². The summed E-state index contributed by atoms with van der Waals surface area (Å²) in [5.41, 5.74) is 3.55. The molecule has 0 spiro atoms. The monoisotopic (exact) mass is 283 g/mol. The minimum Gasteiger partial charge on any atom is -0.355 e. The smallest absolute Gasteiger partial charge is 0.239 e. The minimum atomic E-state index is 0.500. The number of nitrogens with zero attached hydrogens (tertiary/aromatic N) is 3. The lowest BCUT2D eigenvalue weighted by Crippen LogP contribution is -2.29. The zero-order valence-electron chi connectivity index (χ0n) is 12.1. The number of nitrogens with two attached hydrogens (primary N) is 1. The molecule has 2 aromatic rings. The molecule has 5 heteroatoms. The second-order valence-corrected chi connectivity index (χ2v) is 6.32. The van der Waals surface area contributed by atoms with Crippen molar-refractivity contribution in [1.29, 1.82) is 0 Å². The average Bonchev–Trinajstić information content (AvgIpc) is 3.41. The van der Waals surface area contributed by atoms with E-state index in [9.17, 15) is 0 Å². The molecule has 2 fully saturated rings. The molecule has 110 valence electrons. The van der Waals surface area contributed by atoms with Gasteiger partial charge in [0, 0.05) is 18.5 Å². The Balaban J connectivity index is 1.76. The van der Waals surface area contributed by atoms with Gasteiger partial charge < -0.3 is 4.90 Å². The van der Waals surface area contributed by atoms with Crippen molar-refractivity contribution in [3.05, 3.63) is 24.3 Å². The predicted molar refractivity (Wildman–Crippen MR) is 85.0 cm³/mol. The molecule has 2 aliphatic carbocycles. The summed E-state index contributed by atoms with van der Waals surface area (Å²) in [6, 6.07) is 8.19. The highest BCUT2D eigenvalue weighted by atomic mass is 15.3. The first-order valence-electron chi connectivity index (χ1n) is 7.82. The average molecular weight is 283 g/mol. The molecular formula is C16H21N5. The molecule has 5 nitrogen and oxygen atoms in total. The number of hydrogen-bond acceptors (Lipinski definition) is 5. The molecule has 0 radical (unpaired) electrons. The van der Waals surface area contributed by atoms with Crippen molar-refractivity contribution < 1.29 is 0 Å². The minimum absolute atomic E-state index is 0.500. The third-order valence-electron chi connectivity index (χ3n) is 4.36. The first-order valence-corrected chi connectivity index (χ1v) is 7.82. The number of fused-ring (bicyclic) bond motifs is 1. The number of benzene rings is 1. The Morgan fingerprint density at radius 1 is 1.05 bits per heavy atom. The number of rotatable bonds is 6. The summed E-state index contributed by atoms with van der Waals surface area (Å²) in [5, 5.41) is 1.12. The lowest BCUT2D eigenvalue weighted by Gasteiger charge is -2.25. The Hall–Kier alpha value is -1.88. The highest BCUT2D eigenvalue weighted by Crippen LogP contribution is 2.37. The molecule has 0 bridgehead atoms. The lowest BCUT2D eigenvalue weighted by molar-refractivity contribution is 0.673. The van der Waals surface area contributed by atoms with E-state index >= 15 is 0 Å².